The van der Waals surface area contributed by atoms with Gasteiger partial charge in [0.2, 0.25) is 9.84 Å². The minimum Gasteiger partial charge on any atom is -0.479 e. The molecule has 1 unspecified atom stereocenters. The summed E-state index contributed by atoms with van der Waals surface area (Å²) in [5, 5.41) is 17.9. The number of aliphatic hydroxyl groups is 1. The highest BCUT2D eigenvalue weighted by Gasteiger charge is 2.39. The Labute approximate surface area is 110 Å². The summed E-state index contributed by atoms with van der Waals surface area (Å²) in [6, 6.07) is 1.92. The molecule has 0 aliphatic carbocycles. The molecule has 0 saturated heterocycles. The molecule has 0 amide bonds. The van der Waals surface area contributed by atoms with E-state index < -0.39 is 43.5 Å². The third-order valence-electron chi connectivity index (χ3n) is 2.74. The van der Waals surface area contributed by atoms with Gasteiger partial charge in [0.05, 0.1) is 15.4 Å². The average Bonchev–Trinajstić information content (AvgIpc) is 2.58. The lowest BCUT2D eigenvalue weighted by Gasteiger charge is -2.08. The van der Waals surface area contributed by atoms with Crippen molar-refractivity contribution < 1.29 is 36.6 Å². The summed E-state index contributed by atoms with van der Waals surface area (Å²) in [6.07, 6.45) is -6.24. The van der Waals surface area contributed by atoms with E-state index in [2.05, 4.69) is 0 Å². The zero-order valence-corrected chi connectivity index (χ0v) is 10.4. The second kappa shape index (κ2) is 4.32. The first-order valence-corrected chi connectivity index (χ1v) is 6.62. The molecule has 1 aromatic rings. The van der Waals surface area contributed by atoms with Gasteiger partial charge in [0.15, 0.2) is 6.10 Å². The summed E-state index contributed by atoms with van der Waals surface area (Å²) in [5.74, 6) is -1.80. The Balaban J connectivity index is 2.60. The molecule has 108 valence electrons. The molecular formula is C11H7F3O5S. The van der Waals surface area contributed by atoms with E-state index in [0.717, 1.165) is 12.1 Å². The normalized spacial score (nSPS) is 18.3. The Morgan fingerprint density at radius 2 is 1.85 bits per heavy atom. The number of sulfone groups is 1. The number of aliphatic carboxylic acids is 1. The minimum atomic E-state index is -4.65. The van der Waals surface area contributed by atoms with Crippen LogP contribution in [-0.2, 0) is 20.8 Å². The van der Waals surface area contributed by atoms with Gasteiger partial charge < -0.3 is 10.2 Å². The van der Waals surface area contributed by atoms with Crippen molar-refractivity contribution in [3.8, 4) is 0 Å². The van der Waals surface area contributed by atoms with Gasteiger partial charge in [-0.25, -0.2) is 13.2 Å². The summed E-state index contributed by atoms with van der Waals surface area (Å²) in [4.78, 5) is 9.31. The van der Waals surface area contributed by atoms with Crippen LogP contribution >= 0.6 is 0 Å². The van der Waals surface area contributed by atoms with Crippen LogP contribution in [0.15, 0.2) is 28.0 Å². The van der Waals surface area contributed by atoms with Crippen molar-refractivity contribution in [2.45, 2.75) is 17.2 Å². The van der Waals surface area contributed by atoms with Gasteiger partial charge >= 0.3 is 12.1 Å². The second-order valence-corrected chi connectivity index (χ2v) is 5.96. The first kappa shape index (κ1) is 14.5. The van der Waals surface area contributed by atoms with Gasteiger partial charge in [-0.1, -0.05) is 0 Å². The lowest BCUT2D eigenvalue weighted by atomic mass is 10.1. The van der Waals surface area contributed by atoms with Crippen molar-refractivity contribution >= 4 is 21.9 Å². The zero-order chi connectivity index (χ0) is 15.3. The maximum Gasteiger partial charge on any atom is 0.416 e. The maximum atomic E-state index is 12.5. The van der Waals surface area contributed by atoms with Crippen LogP contribution in [0.1, 0.15) is 11.1 Å². The van der Waals surface area contributed by atoms with Crippen LogP contribution in [0.3, 0.4) is 0 Å². The predicted molar refractivity (Wildman–Crippen MR) is 60.2 cm³/mol. The third-order valence-corrected chi connectivity index (χ3v) is 4.65. The van der Waals surface area contributed by atoms with Crippen molar-refractivity contribution in [3.63, 3.8) is 0 Å². The van der Waals surface area contributed by atoms with E-state index in [-0.39, 0.29) is 5.56 Å². The van der Waals surface area contributed by atoms with Crippen molar-refractivity contribution in [2.24, 2.45) is 0 Å². The molecule has 0 saturated carbocycles. The van der Waals surface area contributed by atoms with E-state index in [1.165, 1.54) is 0 Å². The van der Waals surface area contributed by atoms with Crippen LogP contribution in [0.5, 0.6) is 0 Å². The molecule has 1 aromatic carbocycles. The molecule has 1 aliphatic rings. The Morgan fingerprint density at radius 3 is 2.35 bits per heavy atom. The molecule has 1 heterocycles. The summed E-state index contributed by atoms with van der Waals surface area (Å²) in [6.45, 7) is 0. The molecule has 0 bridgehead atoms. The van der Waals surface area contributed by atoms with E-state index >= 15 is 0 Å². The van der Waals surface area contributed by atoms with Crippen LogP contribution < -0.4 is 0 Å². The van der Waals surface area contributed by atoms with Crippen LogP contribution in [-0.4, -0.2) is 30.7 Å². The molecule has 5 nitrogen and oxygen atoms in total. The van der Waals surface area contributed by atoms with Crippen LogP contribution in [0.4, 0.5) is 13.2 Å². The average molecular weight is 308 g/mol. The van der Waals surface area contributed by atoms with E-state index in [1.807, 2.05) is 0 Å². The van der Waals surface area contributed by atoms with Crippen molar-refractivity contribution in [1.29, 1.82) is 0 Å². The maximum absolute atomic E-state index is 12.5. The van der Waals surface area contributed by atoms with Crippen molar-refractivity contribution in [3.05, 3.63) is 34.2 Å². The molecule has 9 heteroatoms. The highest BCUT2D eigenvalue weighted by atomic mass is 32.2. The van der Waals surface area contributed by atoms with Crippen molar-refractivity contribution in [2.75, 3.05) is 0 Å². The lowest BCUT2D eigenvalue weighted by molar-refractivity contribution is -0.144. The monoisotopic (exact) mass is 308 g/mol. The largest absolute Gasteiger partial charge is 0.479 e. The first-order chi connectivity index (χ1) is 9.05. The SMILES string of the molecule is O=C(O)C(O)C1=Cc2cc(C(F)(F)F)ccc2S1(=O)=O. The van der Waals surface area contributed by atoms with Crippen LogP contribution in [0, 0.1) is 0 Å². The Kier molecular flexibility index (Phi) is 3.14. The van der Waals surface area contributed by atoms with Gasteiger partial charge in [-0.15, -0.1) is 0 Å². The number of aliphatic hydroxyl groups excluding tert-OH is 1. The molecule has 0 radical (unpaired) electrons. The number of hydrogen-bond donors (Lipinski definition) is 2. The van der Waals surface area contributed by atoms with Gasteiger partial charge in [0.1, 0.15) is 0 Å². The number of carboxylic acid groups (broad SMARTS) is 1. The van der Waals surface area contributed by atoms with Crippen LogP contribution in [0.2, 0.25) is 0 Å². The summed E-state index contributed by atoms with van der Waals surface area (Å²) in [7, 11) is -4.29. The topological polar surface area (TPSA) is 91.7 Å². The van der Waals surface area contributed by atoms with Gasteiger partial charge in [-0.3, -0.25) is 0 Å². The third kappa shape index (κ3) is 2.18. The van der Waals surface area contributed by atoms with Crippen LogP contribution in [0.25, 0.3) is 6.08 Å². The molecule has 0 fully saturated rings. The lowest BCUT2D eigenvalue weighted by Crippen LogP contribution is -2.25. The Morgan fingerprint density at radius 1 is 1.25 bits per heavy atom. The number of alkyl halides is 3. The molecule has 2 rings (SSSR count). The molecule has 1 aliphatic heterocycles. The smallest absolute Gasteiger partial charge is 0.416 e. The fourth-order valence-electron chi connectivity index (χ4n) is 1.79. The Hall–Kier alpha value is -1.87. The number of hydrogen-bond acceptors (Lipinski definition) is 4. The van der Waals surface area contributed by atoms with Gasteiger partial charge in [0.25, 0.3) is 0 Å². The van der Waals surface area contributed by atoms with E-state index in [9.17, 15) is 31.5 Å². The number of rotatable bonds is 2. The Bertz CT molecular complexity index is 718. The quantitative estimate of drug-likeness (QED) is 0.858. The van der Waals surface area contributed by atoms with E-state index in [1.54, 1.807) is 0 Å². The number of halogens is 3. The van der Waals surface area contributed by atoms with E-state index in [0.29, 0.717) is 12.1 Å². The molecule has 1 atom stereocenters. The summed E-state index contributed by atoms with van der Waals surface area (Å²) >= 11 is 0. The van der Waals surface area contributed by atoms with E-state index in [4.69, 9.17) is 5.11 Å². The fourth-order valence-corrected chi connectivity index (χ4v) is 3.39. The summed E-state index contributed by atoms with van der Waals surface area (Å²) in [5.41, 5.74) is -1.36. The number of benzene rings is 1. The van der Waals surface area contributed by atoms with Gasteiger partial charge in [-0.2, -0.15) is 13.2 Å². The minimum absolute atomic E-state index is 0.296. The molecular weight excluding hydrogens is 301 g/mol. The summed E-state index contributed by atoms with van der Waals surface area (Å²) < 4.78 is 61.4. The first-order valence-electron chi connectivity index (χ1n) is 5.14. The van der Waals surface area contributed by atoms with Gasteiger partial charge in [-0.05, 0) is 29.8 Å². The predicted octanol–water partition coefficient (Wildman–Crippen LogP) is 1.28. The molecule has 2 N–H and O–H groups in total. The standard InChI is InChI=1S/C11H7F3O5S/c12-11(13,14)6-1-2-7-5(3-6)4-8(20(7,18)19)9(15)10(16)17/h1-4,9,15H,(H,16,17). The van der Waals surface area contributed by atoms with Gasteiger partial charge in [0, 0.05) is 0 Å². The molecule has 0 spiro atoms. The number of fused-ring (bicyclic) bond motifs is 1. The number of carbonyl (C=O) groups is 1. The highest BCUT2D eigenvalue weighted by molar-refractivity contribution is 7.96. The van der Waals surface area contributed by atoms with Crippen molar-refractivity contribution in [1.82, 2.24) is 0 Å². The molecule has 20 heavy (non-hydrogen) atoms. The highest BCUT2D eigenvalue weighted by Crippen LogP contribution is 2.38. The molecule has 0 aromatic heterocycles. The second-order valence-electron chi connectivity index (χ2n) is 4.04. The zero-order valence-electron chi connectivity index (χ0n) is 9.55. The fraction of sp³-hybridized carbons (Fsp3) is 0.182. The number of carboxylic acids is 1.